The van der Waals surface area contributed by atoms with Gasteiger partial charge in [-0.1, -0.05) is 59.8 Å². The van der Waals surface area contributed by atoms with Gasteiger partial charge in [0.25, 0.3) is 0 Å². The average molecular weight is 490 g/mol. The average Bonchev–Trinajstić information content (AvgIpc) is 2.93. The topological polar surface area (TPSA) is 75.6 Å². The van der Waals surface area contributed by atoms with Crippen molar-refractivity contribution in [1.29, 1.82) is 0 Å². The van der Waals surface area contributed by atoms with E-state index >= 15 is 0 Å². The number of hydrogen-bond acceptors (Lipinski definition) is 7. The Labute approximate surface area is 211 Å². The van der Waals surface area contributed by atoms with Crippen molar-refractivity contribution in [2.75, 3.05) is 27.9 Å². The summed E-state index contributed by atoms with van der Waals surface area (Å²) in [5.74, 6) is 0.622. The van der Waals surface area contributed by atoms with E-state index in [0.29, 0.717) is 35.0 Å². The number of hydrogen-bond donors (Lipinski definition) is 0. The first-order valence-corrected chi connectivity index (χ1v) is 11.5. The maximum atomic E-state index is 12.3. The van der Waals surface area contributed by atoms with Gasteiger partial charge in [0.05, 0.1) is 33.3 Å². The van der Waals surface area contributed by atoms with E-state index in [4.69, 9.17) is 23.8 Å². The van der Waals surface area contributed by atoms with Crippen LogP contribution >= 0.6 is 0 Å². The second-order valence-electron chi connectivity index (χ2n) is 7.82. The molecular weight excluding hydrogens is 458 g/mol. The second-order valence-corrected chi connectivity index (χ2v) is 7.82. The summed E-state index contributed by atoms with van der Waals surface area (Å²) in [5.41, 5.74) is 4.50. The Kier molecular flexibility index (Phi) is 9.94. The number of esters is 1. The predicted molar refractivity (Wildman–Crippen MR) is 139 cm³/mol. The Hall–Kier alpha value is -4.26. The van der Waals surface area contributed by atoms with E-state index in [9.17, 15) is 4.79 Å². The highest BCUT2D eigenvalue weighted by molar-refractivity contribution is 6.16. The zero-order valence-corrected chi connectivity index (χ0v) is 21.0. The Morgan fingerprint density at radius 1 is 0.917 bits per heavy atom. The van der Waals surface area contributed by atoms with Crippen LogP contribution in [0.5, 0.6) is 11.5 Å². The van der Waals surface area contributed by atoms with Crippen LogP contribution < -0.4 is 9.47 Å². The van der Waals surface area contributed by atoms with Crippen LogP contribution in [0.2, 0.25) is 0 Å². The highest BCUT2D eigenvalue weighted by atomic mass is 16.6. The summed E-state index contributed by atoms with van der Waals surface area (Å²) in [4.78, 5) is 17.8. The fourth-order valence-electron chi connectivity index (χ4n) is 3.53. The van der Waals surface area contributed by atoms with Crippen molar-refractivity contribution < 1.29 is 28.6 Å². The molecule has 0 saturated heterocycles. The Bertz CT molecular complexity index is 1200. The molecule has 0 saturated carbocycles. The second kappa shape index (κ2) is 13.6. The van der Waals surface area contributed by atoms with Crippen LogP contribution in [0.4, 0.5) is 0 Å². The minimum Gasteiger partial charge on any atom is -0.503 e. The van der Waals surface area contributed by atoms with Crippen molar-refractivity contribution in [3.05, 3.63) is 101 Å². The molecule has 0 aromatic heterocycles. The molecule has 0 heterocycles. The summed E-state index contributed by atoms with van der Waals surface area (Å²) in [6.07, 6.45) is 2.14. The quantitative estimate of drug-likeness (QED) is 0.0845. The summed E-state index contributed by atoms with van der Waals surface area (Å²) in [7, 11) is 4.39. The Balaban J connectivity index is 1.74. The summed E-state index contributed by atoms with van der Waals surface area (Å²) in [5, 5.41) is 4.26. The number of nitrogens with zero attached hydrogens (tertiary/aromatic N) is 1. The molecule has 0 bridgehead atoms. The first-order valence-electron chi connectivity index (χ1n) is 11.5. The molecule has 0 N–H and O–H groups in total. The number of benzene rings is 3. The molecule has 3 aromatic rings. The highest BCUT2D eigenvalue weighted by Crippen LogP contribution is 2.30. The van der Waals surface area contributed by atoms with Crippen molar-refractivity contribution in [3.8, 4) is 11.5 Å². The van der Waals surface area contributed by atoms with E-state index in [1.54, 1.807) is 7.11 Å². The lowest BCUT2D eigenvalue weighted by Crippen LogP contribution is -2.08. The predicted octanol–water partition coefficient (Wildman–Crippen LogP) is 5.42. The van der Waals surface area contributed by atoms with Crippen molar-refractivity contribution in [3.63, 3.8) is 0 Å². The van der Waals surface area contributed by atoms with Gasteiger partial charge in [0.15, 0.2) is 11.5 Å². The standard InChI is InChI=1S/C29H31NO6/c1-21(30-36-17-16-22-10-6-5-7-11-22)23-14-15-27(33-3)28(18-23)35-19-24-12-8-9-13-25(24)26(20-32-2)29(31)34-4/h5-15,18,20H,16-17,19H2,1-4H3. The smallest absolute Gasteiger partial charge is 0.341 e. The summed E-state index contributed by atoms with van der Waals surface area (Å²) in [6.45, 7) is 2.55. The lowest BCUT2D eigenvalue weighted by molar-refractivity contribution is -0.133. The molecule has 0 radical (unpaired) electrons. The van der Waals surface area contributed by atoms with Gasteiger partial charge in [-0.05, 0) is 41.8 Å². The third-order valence-electron chi connectivity index (χ3n) is 5.44. The van der Waals surface area contributed by atoms with Crippen molar-refractivity contribution >= 4 is 17.3 Å². The van der Waals surface area contributed by atoms with Crippen LogP contribution in [0.25, 0.3) is 5.57 Å². The van der Waals surface area contributed by atoms with Gasteiger partial charge in [-0.15, -0.1) is 0 Å². The molecule has 0 atom stereocenters. The normalized spacial score (nSPS) is 11.6. The molecule has 7 heteroatoms. The molecule has 188 valence electrons. The molecule has 0 amide bonds. The van der Waals surface area contributed by atoms with E-state index < -0.39 is 5.97 Å². The molecule has 0 fully saturated rings. The number of carbonyl (C=O) groups is 1. The molecule has 7 nitrogen and oxygen atoms in total. The van der Waals surface area contributed by atoms with Gasteiger partial charge < -0.3 is 23.8 Å². The van der Waals surface area contributed by atoms with Crippen LogP contribution in [-0.2, 0) is 32.1 Å². The van der Waals surface area contributed by atoms with Crippen LogP contribution in [0.1, 0.15) is 29.2 Å². The van der Waals surface area contributed by atoms with Gasteiger partial charge in [0, 0.05) is 12.0 Å². The molecule has 3 aromatic carbocycles. The molecule has 0 aliphatic carbocycles. The van der Waals surface area contributed by atoms with Gasteiger partial charge in [-0.2, -0.15) is 0 Å². The lowest BCUT2D eigenvalue weighted by atomic mass is 10.0. The third kappa shape index (κ3) is 7.12. The number of ether oxygens (including phenoxy) is 4. The van der Waals surface area contributed by atoms with Crippen molar-refractivity contribution in [2.45, 2.75) is 20.0 Å². The molecule has 0 aliphatic heterocycles. The number of oxime groups is 1. The summed E-state index contributed by atoms with van der Waals surface area (Å²) in [6, 6.07) is 23.1. The molecule has 3 rings (SSSR count). The van der Waals surface area contributed by atoms with Crippen LogP contribution in [0, 0.1) is 0 Å². The van der Waals surface area contributed by atoms with E-state index in [2.05, 4.69) is 17.3 Å². The number of rotatable bonds is 12. The van der Waals surface area contributed by atoms with E-state index in [1.807, 2.05) is 67.6 Å². The summed E-state index contributed by atoms with van der Waals surface area (Å²) < 4.78 is 21.6. The van der Waals surface area contributed by atoms with Crippen LogP contribution in [0.3, 0.4) is 0 Å². The maximum Gasteiger partial charge on any atom is 0.341 e. The molecule has 0 spiro atoms. The van der Waals surface area contributed by atoms with E-state index in [-0.39, 0.29) is 6.61 Å². The van der Waals surface area contributed by atoms with Gasteiger partial charge in [0.2, 0.25) is 0 Å². The molecule has 0 aliphatic rings. The third-order valence-corrected chi connectivity index (χ3v) is 5.44. The van der Waals surface area contributed by atoms with Crippen LogP contribution in [-0.4, -0.2) is 39.6 Å². The van der Waals surface area contributed by atoms with Crippen molar-refractivity contribution in [2.24, 2.45) is 5.16 Å². The van der Waals surface area contributed by atoms with Crippen LogP contribution in [0.15, 0.2) is 84.2 Å². The first kappa shape index (κ1) is 26.3. The summed E-state index contributed by atoms with van der Waals surface area (Å²) >= 11 is 0. The highest BCUT2D eigenvalue weighted by Gasteiger charge is 2.17. The molecular formula is C29H31NO6. The van der Waals surface area contributed by atoms with Gasteiger partial charge in [0.1, 0.15) is 18.8 Å². The van der Waals surface area contributed by atoms with Gasteiger partial charge in [-0.25, -0.2) is 4.79 Å². The van der Waals surface area contributed by atoms with Gasteiger partial charge >= 0.3 is 5.97 Å². The number of methoxy groups -OCH3 is 3. The molecule has 36 heavy (non-hydrogen) atoms. The fraction of sp³-hybridized carbons (Fsp3) is 0.241. The largest absolute Gasteiger partial charge is 0.503 e. The fourth-order valence-corrected chi connectivity index (χ4v) is 3.53. The first-order chi connectivity index (χ1) is 17.6. The monoisotopic (exact) mass is 489 g/mol. The van der Waals surface area contributed by atoms with E-state index in [0.717, 1.165) is 17.5 Å². The Morgan fingerprint density at radius 3 is 2.39 bits per heavy atom. The molecule has 0 unspecified atom stereocenters. The minimum atomic E-state index is -0.497. The van der Waals surface area contributed by atoms with Crippen molar-refractivity contribution in [1.82, 2.24) is 0 Å². The Morgan fingerprint density at radius 2 is 1.67 bits per heavy atom. The minimum absolute atomic E-state index is 0.192. The zero-order chi connectivity index (χ0) is 25.8. The van der Waals surface area contributed by atoms with Gasteiger partial charge in [-0.3, -0.25) is 0 Å². The number of carbonyl (C=O) groups excluding carboxylic acids is 1. The maximum absolute atomic E-state index is 12.3. The van der Waals surface area contributed by atoms with E-state index in [1.165, 1.54) is 26.0 Å². The zero-order valence-electron chi connectivity index (χ0n) is 21.0. The lowest BCUT2D eigenvalue weighted by Gasteiger charge is -2.15. The SMILES string of the molecule is COC=C(C(=O)OC)c1ccccc1COc1cc(C(C)=NOCCc2ccccc2)ccc1OC.